The van der Waals surface area contributed by atoms with E-state index >= 15 is 0 Å². The number of hydrogen-bond donors (Lipinski definition) is 3. The number of nitrogens with one attached hydrogen (secondary N) is 3. The Balaban J connectivity index is 1.51. The quantitative estimate of drug-likeness (QED) is 0.495. The molecule has 0 atom stereocenters. The van der Waals surface area contributed by atoms with E-state index in [2.05, 4.69) is 25.3 Å². The van der Waals surface area contributed by atoms with Crippen LogP contribution in [-0.4, -0.2) is 30.0 Å². The molecule has 10 heteroatoms. The van der Waals surface area contributed by atoms with Crippen molar-refractivity contribution in [1.82, 2.24) is 15.3 Å². The van der Waals surface area contributed by atoms with E-state index in [1.807, 2.05) is 0 Å². The van der Waals surface area contributed by atoms with Crippen molar-refractivity contribution in [3.8, 4) is 0 Å². The van der Waals surface area contributed by atoms with Gasteiger partial charge in [-0.05, 0) is 66.7 Å². The number of anilines is 2. The van der Waals surface area contributed by atoms with Crippen LogP contribution in [0.1, 0.15) is 5.56 Å². The van der Waals surface area contributed by atoms with Crippen molar-refractivity contribution in [3.63, 3.8) is 0 Å². The summed E-state index contributed by atoms with van der Waals surface area (Å²) >= 11 is 5.24. The number of halogens is 1. The molecule has 1 aromatic heterocycles. The first-order chi connectivity index (χ1) is 13.9. The molecule has 0 fully saturated rings. The maximum Gasteiger partial charge on any atom is 0.264 e. The largest absolute Gasteiger partial charge is 0.362 e. The molecule has 29 heavy (non-hydrogen) atoms. The number of rotatable bonds is 7. The molecular formula is C19H18FN5O2S2. The first-order valence-corrected chi connectivity index (χ1v) is 10.5. The third-order valence-electron chi connectivity index (χ3n) is 3.83. The van der Waals surface area contributed by atoms with Crippen LogP contribution in [0.2, 0.25) is 0 Å². The minimum Gasteiger partial charge on any atom is -0.362 e. The van der Waals surface area contributed by atoms with Crippen LogP contribution in [0.15, 0.2) is 71.9 Å². The summed E-state index contributed by atoms with van der Waals surface area (Å²) in [6, 6.07) is 14.0. The number of sulfonamides is 1. The summed E-state index contributed by atoms with van der Waals surface area (Å²) in [5.41, 5.74) is 1.63. The van der Waals surface area contributed by atoms with Gasteiger partial charge >= 0.3 is 0 Å². The van der Waals surface area contributed by atoms with Gasteiger partial charge in [-0.3, -0.25) is 0 Å². The second-order valence-corrected chi connectivity index (χ2v) is 8.05. The van der Waals surface area contributed by atoms with E-state index in [9.17, 15) is 12.8 Å². The van der Waals surface area contributed by atoms with E-state index in [0.29, 0.717) is 23.8 Å². The molecule has 0 aliphatic rings. The average Bonchev–Trinajstić information content (AvgIpc) is 2.70. The van der Waals surface area contributed by atoms with Gasteiger partial charge in [-0.1, -0.05) is 12.1 Å². The molecule has 0 bridgehead atoms. The van der Waals surface area contributed by atoms with E-state index < -0.39 is 10.0 Å². The standard InChI is InChI=1S/C19H18FN5O2S2/c20-15-4-2-14(3-5-15)10-13-23-19(28)24-16-6-8-17(9-7-16)29(26,27)25-18-21-11-1-12-22-18/h1-9,11-12H,10,13H2,(H,21,22,25)(H2,23,24,28). The fourth-order valence-electron chi connectivity index (χ4n) is 2.40. The van der Waals surface area contributed by atoms with E-state index in [4.69, 9.17) is 12.2 Å². The van der Waals surface area contributed by atoms with Crippen LogP contribution in [0.4, 0.5) is 16.0 Å². The summed E-state index contributed by atoms with van der Waals surface area (Å²) in [6.07, 6.45) is 3.58. The van der Waals surface area contributed by atoms with Crippen LogP contribution < -0.4 is 15.4 Å². The van der Waals surface area contributed by atoms with Crippen molar-refractivity contribution in [1.29, 1.82) is 0 Å². The molecule has 7 nitrogen and oxygen atoms in total. The lowest BCUT2D eigenvalue weighted by atomic mass is 10.1. The lowest BCUT2D eigenvalue weighted by Gasteiger charge is -2.11. The van der Waals surface area contributed by atoms with Gasteiger partial charge in [-0.15, -0.1) is 0 Å². The molecule has 1 heterocycles. The van der Waals surface area contributed by atoms with Gasteiger partial charge in [0.2, 0.25) is 5.95 Å². The third-order valence-corrected chi connectivity index (χ3v) is 5.42. The molecule has 0 amide bonds. The Morgan fingerprint density at radius 1 is 1.00 bits per heavy atom. The zero-order chi connectivity index (χ0) is 20.7. The Bertz CT molecular complexity index is 1060. The van der Waals surface area contributed by atoms with Gasteiger partial charge < -0.3 is 10.6 Å². The fourth-order valence-corrected chi connectivity index (χ4v) is 3.57. The van der Waals surface area contributed by atoms with Crippen molar-refractivity contribution >= 4 is 39.0 Å². The molecule has 3 N–H and O–H groups in total. The Labute approximate surface area is 173 Å². The second kappa shape index (κ2) is 9.39. The van der Waals surface area contributed by atoms with E-state index in [1.54, 1.807) is 30.3 Å². The summed E-state index contributed by atoms with van der Waals surface area (Å²) in [6.45, 7) is 0.574. The minimum atomic E-state index is -3.78. The molecule has 3 aromatic rings. The normalized spacial score (nSPS) is 10.9. The number of hydrogen-bond acceptors (Lipinski definition) is 5. The topological polar surface area (TPSA) is 96.0 Å². The van der Waals surface area contributed by atoms with Crippen LogP contribution in [0.25, 0.3) is 0 Å². The van der Waals surface area contributed by atoms with Crippen molar-refractivity contribution in [2.75, 3.05) is 16.6 Å². The summed E-state index contributed by atoms with van der Waals surface area (Å²) in [4.78, 5) is 7.76. The van der Waals surface area contributed by atoms with Gasteiger partial charge in [0.15, 0.2) is 5.11 Å². The highest BCUT2D eigenvalue weighted by atomic mass is 32.2. The van der Waals surface area contributed by atoms with E-state index in [0.717, 1.165) is 5.56 Å². The predicted molar refractivity (Wildman–Crippen MR) is 114 cm³/mol. The zero-order valence-corrected chi connectivity index (χ0v) is 16.8. The van der Waals surface area contributed by atoms with Crippen molar-refractivity contribution in [2.24, 2.45) is 0 Å². The monoisotopic (exact) mass is 431 g/mol. The molecule has 2 aromatic carbocycles. The maximum atomic E-state index is 12.9. The molecule has 150 valence electrons. The molecule has 0 radical (unpaired) electrons. The lowest BCUT2D eigenvalue weighted by molar-refractivity contribution is 0.601. The molecule has 0 saturated carbocycles. The van der Waals surface area contributed by atoms with Crippen molar-refractivity contribution in [2.45, 2.75) is 11.3 Å². The minimum absolute atomic E-state index is 0.00114. The molecule has 3 rings (SSSR count). The van der Waals surface area contributed by atoms with Crippen molar-refractivity contribution < 1.29 is 12.8 Å². The smallest absolute Gasteiger partial charge is 0.264 e. The number of benzene rings is 2. The van der Waals surface area contributed by atoms with E-state index in [1.165, 1.54) is 36.7 Å². The molecule has 0 saturated heterocycles. The van der Waals surface area contributed by atoms with Gasteiger partial charge in [-0.25, -0.2) is 27.5 Å². The van der Waals surface area contributed by atoms with Gasteiger partial charge in [0, 0.05) is 24.6 Å². The van der Waals surface area contributed by atoms with Crippen LogP contribution in [0.5, 0.6) is 0 Å². The molecule has 0 aliphatic carbocycles. The van der Waals surface area contributed by atoms with Crippen LogP contribution in [0.3, 0.4) is 0 Å². The van der Waals surface area contributed by atoms with Crippen molar-refractivity contribution in [3.05, 3.63) is 78.4 Å². The summed E-state index contributed by atoms with van der Waals surface area (Å²) in [7, 11) is -3.78. The summed E-state index contributed by atoms with van der Waals surface area (Å²) in [5, 5.41) is 6.44. The molecular weight excluding hydrogens is 413 g/mol. The highest BCUT2D eigenvalue weighted by molar-refractivity contribution is 7.92. The fraction of sp³-hybridized carbons (Fsp3) is 0.105. The van der Waals surface area contributed by atoms with Crippen LogP contribution in [0, 0.1) is 5.82 Å². The van der Waals surface area contributed by atoms with Crippen LogP contribution >= 0.6 is 12.2 Å². The Hall–Kier alpha value is -3.11. The highest BCUT2D eigenvalue weighted by Gasteiger charge is 2.15. The van der Waals surface area contributed by atoms with Gasteiger partial charge in [0.1, 0.15) is 5.82 Å². The number of nitrogens with zero attached hydrogens (tertiary/aromatic N) is 2. The Morgan fingerprint density at radius 2 is 1.66 bits per heavy atom. The zero-order valence-electron chi connectivity index (χ0n) is 15.2. The van der Waals surface area contributed by atoms with Crippen LogP contribution in [-0.2, 0) is 16.4 Å². The summed E-state index contributed by atoms with van der Waals surface area (Å²) < 4.78 is 39.9. The summed E-state index contributed by atoms with van der Waals surface area (Å²) in [5.74, 6) is -0.267. The molecule has 0 unspecified atom stereocenters. The average molecular weight is 432 g/mol. The SMILES string of the molecule is O=S(=O)(Nc1ncccn1)c1ccc(NC(=S)NCCc2ccc(F)cc2)cc1. The molecule has 0 spiro atoms. The maximum absolute atomic E-state index is 12.9. The number of aromatic nitrogens is 2. The first-order valence-electron chi connectivity index (χ1n) is 8.61. The third kappa shape index (κ3) is 6.19. The van der Waals surface area contributed by atoms with E-state index in [-0.39, 0.29) is 16.7 Å². The highest BCUT2D eigenvalue weighted by Crippen LogP contribution is 2.16. The Kier molecular flexibility index (Phi) is 6.68. The predicted octanol–water partition coefficient (Wildman–Crippen LogP) is 2.95. The lowest BCUT2D eigenvalue weighted by Crippen LogP contribution is -2.30. The Morgan fingerprint density at radius 3 is 2.31 bits per heavy atom. The number of thiocarbonyl (C=S) groups is 1. The molecule has 0 aliphatic heterocycles. The second-order valence-electron chi connectivity index (χ2n) is 5.96. The van der Waals surface area contributed by atoms with Gasteiger partial charge in [0.05, 0.1) is 4.90 Å². The van der Waals surface area contributed by atoms with Gasteiger partial charge in [0.25, 0.3) is 10.0 Å². The van der Waals surface area contributed by atoms with Gasteiger partial charge in [-0.2, -0.15) is 0 Å². The first kappa shape index (κ1) is 20.6.